The van der Waals surface area contributed by atoms with E-state index in [1.165, 1.54) is 6.42 Å². The van der Waals surface area contributed by atoms with Crippen LogP contribution in [0.25, 0.3) is 0 Å². The molecule has 2 fully saturated rings. The summed E-state index contributed by atoms with van der Waals surface area (Å²) < 4.78 is 11.0. The summed E-state index contributed by atoms with van der Waals surface area (Å²) in [5.41, 5.74) is 1.14. The number of hydrogen-bond donors (Lipinski definition) is 3. The van der Waals surface area contributed by atoms with Crippen molar-refractivity contribution in [2.24, 2.45) is 0 Å². The third-order valence-corrected chi connectivity index (χ3v) is 5.50. The Kier molecular flexibility index (Phi) is 6.90. The van der Waals surface area contributed by atoms with E-state index in [9.17, 15) is 14.7 Å². The minimum atomic E-state index is -0.539. The van der Waals surface area contributed by atoms with Gasteiger partial charge in [0.15, 0.2) is 5.76 Å². The standard InChI is InChI=1S/C19H30N4O5/c1-12-18(13(2)28-22-12)21-19(26)20-15-7-6-14(27-16(15)11-24)10-17(25)23-8-4-3-5-9-23/h14-16,24H,3-11H2,1-2H3,(H2,20,21,26)/t14-,15-,16+/m0/s1. The number of likely N-dealkylation sites (tertiary alicyclic amines) is 1. The van der Waals surface area contributed by atoms with Gasteiger partial charge in [-0.05, 0) is 46.0 Å². The van der Waals surface area contributed by atoms with Crippen molar-refractivity contribution in [2.45, 2.75) is 70.6 Å². The second kappa shape index (κ2) is 9.38. The van der Waals surface area contributed by atoms with Crippen LogP contribution in [-0.2, 0) is 9.53 Å². The van der Waals surface area contributed by atoms with Gasteiger partial charge in [-0.25, -0.2) is 4.79 Å². The zero-order valence-corrected chi connectivity index (χ0v) is 16.6. The molecule has 3 rings (SSSR count). The second-order valence-electron chi connectivity index (χ2n) is 7.61. The van der Waals surface area contributed by atoms with Gasteiger partial charge in [0, 0.05) is 13.1 Å². The molecule has 3 heterocycles. The molecule has 1 aromatic heterocycles. The Morgan fingerprint density at radius 3 is 2.61 bits per heavy atom. The molecule has 28 heavy (non-hydrogen) atoms. The SMILES string of the molecule is Cc1noc(C)c1NC(=O)N[C@H]1CC[C@@H](CC(=O)N2CCCCC2)O[C@@H]1CO. The number of nitrogens with zero attached hydrogens (tertiary/aromatic N) is 2. The zero-order valence-electron chi connectivity index (χ0n) is 16.6. The number of amides is 3. The molecule has 1 aromatic rings. The smallest absolute Gasteiger partial charge is 0.319 e. The minimum Gasteiger partial charge on any atom is -0.394 e. The van der Waals surface area contributed by atoms with Crippen LogP contribution in [0, 0.1) is 13.8 Å². The molecule has 0 saturated carbocycles. The number of ether oxygens (including phenoxy) is 1. The van der Waals surface area contributed by atoms with Gasteiger partial charge in [0.25, 0.3) is 0 Å². The number of aryl methyl sites for hydroxylation is 2. The van der Waals surface area contributed by atoms with E-state index in [0.717, 1.165) is 25.9 Å². The summed E-state index contributed by atoms with van der Waals surface area (Å²) in [7, 11) is 0. The van der Waals surface area contributed by atoms with Crippen molar-refractivity contribution < 1.29 is 24.0 Å². The van der Waals surface area contributed by atoms with E-state index in [0.29, 0.717) is 36.4 Å². The molecule has 0 bridgehead atoms. The Morgan fingerprint density at radius 2 is 1.96 bits per heavy atom. The van der Waals surface area contributed by atoms with Crippen molar-refractivity contribution in [3.63, 3.8) is 0 Å². The molecule has 2 aliphatic heterocycles. The summed E-state index contributed by atoms with van der Waals surface area (Å²) in [4.78, 5) is 26.7. The number of piperidine rings is 1. The summed E-state index contributed by atoms with van der Waals surface area (Å²) in [6.45, 7) is 4.89. The molecule has 0 aliphatic carbocycles. The number of aliphatic hydroxyl groups is 1. The third-order valence-electron chi connectivity index (χ3n) is 5.50. The number of nitrogens with one attached hydrogen (secondary N) is 2. The predicted octanol–water partition coefficient (Wildman–Crippen LogP) is 1.72. The van der Waals surface area contributed by atoms with Crippen molar-refractivity contribution in [2.75, 3.05) is 25.0 Å². The molecular weight excluding hydrogens is 364 g/mol. The van der Waals surface area contributed by atoms with Crippen LogP contribution >= 0.6 is 0 Å². The van der Waals surface area contributed by atoms with E-state index in [1.54, 1.807) is 13.8 Å². The van der Waals surface area contributed by atoms with Gasteiger partial charge in [-0.15, -0.1) is 0 Å². The van der Waals surface area contributed by atoms with E-state index in [1.807, 2.05) is 4.90 Å². The highest BCUT2D eigenvalue weighted by molar-refractivity contribution is 5.90. The Labute approximate surface area is 164 Å². The third kappa shape index (κ3) is 5.02. The van der Waals surface area contributed by atoms with Gasteiger partial charge in [0.1, 0.15) is 17.5 Å². The lowest BCUT2D eigenvalue weighted by atomic mass is 9.96. The normalized spacial score (nSPS) is 25.4. The fraction of sp³-hybridized carbons (Fsp3) is 0.737. The largest absolute Gasteiger partial charge is 0.394 e. The number of urea groups is 1. The first-order valence-electron chi connectivity index (χ1n) is 10.0. The van der Waals surface area contributed by atoms with Crippen molar-refractivity contribution in [3.8, 4) is 0 Å². The average molecular weight is 394 g/mol. The lowest BCUT2D eigenvalue weighted by molar-refractivity contribution is -0.141. The van der Waals surface area contributed by atoms with Gasteiger partial charge in [-0.1, -0.05) is 5.16 Å². The lowest BCUT2D eigenvalue weighted by Crippen LogP contribution is -2.52. The molecule has 156 valence electrons. The first-order chi connectivity index (χ1) is 13.5. The maximum Gasteiger partial charge on any atom is 0.319 e. The summed E-state index contributed by atoms with van der Waals surface area (Å²) in [6.07, 6.45) is 4.16. The molecule has 3 atom stereocenters. The lowest BCUT2D eigenvalue weighted by Gasteiger charge is -2.37. The van der Waals surface area contributed by atoms with Gasteiger partial charge in [0.05, 0.1) is 25.2 Å². The fourth-order valence-corrected chi connectivity index (χ4v) is 3.89. The summed E-state index contributed by atoms with van der Waals surface area (Å²) in [5.74, 6) is 0.645. The first kappa shape index (κ1) is 20.6. The zero-order chi connectivity index (χ0) is 20.1. The first-order valence-corrected chi connectivity index (χ1v) is 10.0. The summed E-state index contributed by atoms with van der Waals surface area (Å²) >= 11 is 0. The van der Waals surface area contributed by atoms with Crippen molar-refractivity contribution >= 4 is 17.6 Å². The molecule has 0 aromatic carbocycles. The molecule has 2 saturated heterocycles. The number of rotatable bonds is 5. The van der Waals surface area contributed by atoms with Crippen LogP contribution in [0.5, 0.6) is 0 Å². The van der Waals surface area contributed by atoms with Crippen LogP contribution < -0.4 is 10.6 Å². The van der Waals surface area contributed by atoms with Crippen LogP contribution in [0.2, 0.25) is 0 Å². The number of hydrogen-bond acceptors (Lipinski definition) is 6. The van der Waals surface area contributed by atoms with Crippen molar-refractivity contribution in [1.29, 1.82) is 0 Å². The summed E-state index contributed by atoms with van der Waals surface area (Å²) in [6, 6.07) is -0.726. The maximum atomic E-state index is 12.5. The monoisotopic (exact) mass is 394 g/mol. The van der Waals surface area contributed by atoms with Crippen LogP contribution in [0.4, 0.5) is 10.5 Å². The predicted molar refractivity (Wildman–Crippen MR) is 102 cm³/mol. The van der Waals surface area contributed by atoms with Crippen LogP contribution in [0.15, 0.2) is 4.52 Å². The highest BCUT2D eigenvalue weighted by Crippen LogP contribution is 2.24. The Hall–Kier alpha value is -2.13. The van der Waals surface area contributed by atoms with Gasteiger partial charge < -0.3 is 29.9 Å². The van der Waals surface area contributed by atoms with E-state index in [-0.39, 0.29) is 24.7 Å². The second-order valence-corrected chi connectivity index (χ2v) is 7.61. The van der Waals surface area contributed by atoms with Gasteiger partial charge in [-0.2, -0.15) is 0 Å². The van der Waals surface area contributed by atoms with Gasteiger partial charge in [-0.3, -0.25) is 4.79 Å². The number of carbonyl (C=O) groups excluding carboxylic acids is 2. The number of carbonyl (C=O) groups is 2. The van der Waals surface area contributed by atoms with E-state index < -0.39 is 12.1 Å². The van der Waals surface area contributed by atoms with Crippen LogP contribution in [-0.4, -0.2) is 65.0 Å². The molecule has 3 amide bonds. The molecular formula is C19H30N4O5. The molecule has 9 nitrogen and oxygen atoms in total. The molecule has 0 spiro atoms. The Morgan fingerprint density at radius 1 is 1.21 bits per heavy atom. The Bertz CT molecular complexity index is 666. The Balaban J connectivity index is 1.50. The molecule has 3 N–H and O–H groups in total. The van der Waals surface area contributed by atoms with E-state index in [2.05, 4.69) is 15.8 Å². The molecule has 2 aliphatic rings. The average Bonchev–Trinajstić information content (AvgIpc) is 3.01. The number of aromatic nitrogens is 1. The van der Waals surface area contributed by atoms with Crippen molar-refractivity contribution in [3.05, 3.63) is 11.5 Å². The number of anilines is 1. The van der Waals surface area contributed by atoms with Crippen molar-refractivity contribution in [1.82, 2.24) is 15.4 Å². The van der Waals surface area contributed by atoms with Crippen LogP contribution in [0.1, 0.15) is 50.0 Å². The highest BCUT2D eigenvalue weighted by Gasteiger charge is 2.34. The summed E-state index contributed by atoms with van der Waals surface area (Å²) in [5, 5.41) is 19.1. The van der Waals surface area contributed by atoms with Gasteiger partial charge in [0.2, 0.25) is 5.91 Å². The quantitative estimate of drug-likeness (QED) is 0.700. The highest BCUT2D eigenvalue weighted by atomic mass is 16.5. The maximum absolute atomic E-state index is 12.5. The number of aliphatic hydroxyl groups excluding tert-OH is 1. The van der Waals surface area contributed by atoms with E-state index >= 15 is 0 Å². The topological polar surface area (TPSA) is 117 Å². The molecule has 0 unspecified atom stereocenters. The van der Waals surface area contributed by atoms with Crippen LogP contribution in [0.3, 0.4) is 0 Å². The molecule has 0 radical (unpaired) electrons. The van der Waals surface area contributed by atoms with Gasteiger partial charge >= 0.3 is 6.03 Å². The minimum absolute atomic E-state index is 0.115. The fourth-order valence-electron chi connectivity index (χ4n) is 3.89. The molecule has 9 heteroatoms. The van der Waals surface area contributed by atoms with E-state index in [4.69, 9.17) is 9.26 Å².